The molecule has 0 bridgehead atoms. The van der Waals surface area contributed by atoms with Crippen molar-refractivity contribution in [3.63, 3.8) is 0 Å². The number of ether oxygens (including phenoxy) is 3. The van der Waals surface area contributed by atoms with Gasteiger partial charge in [0, 0.05) is 17.6 Å². The topological polar surface area (TPSA) is 69.3 Å². The summed E-state index contributed by atoms with van der Waals surface area (Å²) in [7, 11) is 0. The van der Waals surface area contributed by atoms with Crippen LogP contribution >= 0.6 is 0 Å². The number of benzene rings is 2. The number of aromatic nitrogens is 2. The normalized spacial score (nSPS) is 18.8. The third kappa shape index (κ3) is 2.32. The van der Waals surface area contributed by atoms with Crippen molar-refractivity contribution < 1.29 is 14.2 Å². The van der Waals surface area contributed by atoms with Crippen molar-refractivity contribution in [3.8, 4) is 28.8 Å². The highest BCUT2D eigenvalue weighted by Gasteiger charge is 2.24. The largest absolute Gasteiger partial charge is 0.454 e. The lowest BCUT2D eigenvalue weighted by atomic mass is 10.0. The minimum Gasteiger partial charge on any atom is -0.454 e. The van der Waals surface area contributed by atoms with Gasteiger partial charge in [0.2, 0.25) is 6.79 Å². The number of hydrogen-bond acceptors (Lipinski definition) is 5. The van der Waals surface area contributed by atoms with E-state index in [0.29, 0.717) is 11.3 Å². The molecule has 2 aromatic carbocycles. The van der Waals surface area contributed by atoms with Crippen LogP contribution in [0.5, 0.6) is 11.5 Å². The maximum atomic E-state index is 9.62. The molecule has 1 aromatic heterocycles. The average Bonchev–Trinajstić information content (AvgIpc) is 3.32. The summed E-state index contributed by atoms with van der Waals surface area (Å²) < 4.78 is 18.8. The van der Waals surface area contributed by atoms with Gasteiger partial charge in [-0.1, -0.05) is 6.07 Å². The van der Waals surface area contributed by atoms with E-state index in [-0.39, 0.29) is 13.0 Å². The number of nitrogens with zero attached hydrogens (tertiary/aromatic N) is 3. The van der Waals surface area contributed by atoms with Crippen LogP contribution in [0, 0.1) is 11.3 Å². The second-order valence-electron chi connectivity index (χ2n) is 6.49. The van der Waals surface area contributed by atoms with Crippen molar-refractivity contribution in [2.45, 2.75) is 25.5 Å². The van der Waals surface area contributed by atoms with E-state index in [9.17, 15) is 5.26 Å². The first kappa shape index (κ1) is 15.2. The lowest BCUT2D eigenvalue weighted by Gasteiger charge is -2.23. The van der Waals surface area contributed by atoms with Crippen LogP contribution in [0.15, 0.2) is 36.4 Å². The predicted octanol–water partition coefficient (Wildman–Crippen LogP) is 4.00. The van der Waals surface area contributed by atoms with Gasteiger partial charge < -0.3 is 14.2 Å². The zero-order valence-corrected chi connectivity index (χ0v) is 14.1. The van der Waals surface area contributed by atoms with Gasteiger partial charge in [-0.3, -0.25) is 0 Å². The third-order valence-electron chi connectivity index (χ3n) is 4.93. The van der Waals surface area contributed by atoms with Crippen molar-refractivity contribution in [1.82, 2.24) is 9.78 Å². The molecule has 130 valence electrons. The van der Waals surface area contributed by atoms with Crippen LogP contribution in [-0.4, -0.2) is 23.2 Å². The summed E-state index contributed by atoms with van der Waals surface area (Å²) >= 11 is 0. The molecule has 3 aromatic rings. The van der Waals surface area contributed by atoms with Gasteiger partial charge in [-0.05, 0) is 49.6 Å². The monoisotopic (exact) mass is 347 g/mol. The Balaban J connectivity index is 1.73. The molecule has 0 radical (unpaired) electrons. The van der Waals surface area contributed by atoms with Gasteiger partial charge in [0.25, 0.3) is 0 Å². The lowest BCUT2D eigenvalue weighted by Crippen LogP contribution is -2.19. The standard InChI is InChI=1S/C20H17N3O3/c21-11-14-4-3-5-15-19(14)20(22-23(15)18-6-1-2-9-24-18)13-7-8-16-17(10-13)26-12-25-16/h3-5,7-8,10,18H,1-2,6,9,12H2. The van der Waals surface area contributed by atoms with Crippen LogP contribution in [0.4, 0.5) is 0 Å². The first-order valence-corrected chi connectivity index (χ1v) is 8.78. The zero-order valence-electron chi connectivity index (χ0n) is 14.1. The Morgan fingerprint density at radius 2 is 2.04 bits per heavy atom. The Hall–Kier alpha value is -3.04. The fourth-order valence-electron chi connectivity index (χ4n) is 3.67. The second-order valence-corrected chi connectivity index (χ2v) is 6.49. The van der Waals surface area contributed by atoms with Gasteiger partial charge in [-0.25, -0.2) is 4.68 Å². The minimum absolute atomic E-state index is 0.0945. The van der Waals surface area contributed by atoms with Crippen LogP contribution in [0.3, 0.4) is 0 Å². The molecule has 0 N–H and O–H groups in total. The Bertz CT molecular complexity index is 1030. The molecule has 1 atom stereocenters. The van der Waals surface area contributed by atoms with Crippen molar-refractivity contribution in [2.24, 2.45) is 0 Å². The molecule has 3 heterocycles. The first-order chi connectivity index (χ1) is 12.8. The molecule has 5 rings (SSSR count). The Morgan fingerprint density at radius 1 is 1.12 bits per heavy atom. The molecule has 1 saturated heterocycles. The Morgan fingerprint density at radius 3 is 2.88 bits per heavy atom. The van der Waals surface area contributed by atoms with Gasteiger partial charge in [0.05, 0.1) is 17.1 Å². The van der Waals surface area contributed by atoms with Gasteiger partial charge in [-0.2, -0.15) is 10.4 Å². The summed E-state index contributed by atoms with van der Waals surface area (Å²) in [5.74, 6) is 1.43. The highest BCUT2D eigenvalue weighted by Crippen LogP contribution is 2.39. The lowest BCUT2D eigenvalue weighted by molar-refractivity contribution is -0.0365. The number of hydrogen-bond donors (Lipinski definition) is 0. The van der Waals surface area contributed by atoms with Gasteiger partial charge in [0.1, 0.15) is 5.69 Å². The van der Waals surface area contributed by atoms with Crippen molar-refractivity contribution in [1.29, 1.82) is 5.26 Å². The SMILES string of the molecule is N#Cc1cccc2c1c(-c1ccc3c(c1)OCO3)nn2C1CCCCO1. The van der Waals surface area contributed by atoms with E-state index in [1.165, 1.54) is 0 Å². The molecular formula is C20H17N3O3. The number of nitriles is 1. The highest BCUT2D eigenvalue weighted by molar-refractivity contribution is 5.97. The van der Waals surface area contributed by atoms with E-state index in [1.807, 2.05) is 41.1 Å². The Kier molecular flexibility index (Phi) is 3.54. The molecule has 6 nitrogen and oxygen atoms in total. The molecule has 0 spiro atoms. The Labute approximate surface area is 150 Å². The average molecular weight is 347 g/mol. The van der Waals surface area contributed by atoms with E-state index in [4.69, 9.17) is 19.3 Å². The fourth-order valence-corrected chi connectivity index (χ4v) is 3.67. The van der Waals surface area contributed by atoms with Gasteiger partial charge in [-0.15, -0.1) is 0 Å². The van der Waals surface area contributed by atoms with Crippen LogP contribution < -0.4 is 9.47 Å². The summed E-state index contributed by atoms with van der Waals surface area (Å²) in [4.78, 5) is 0. The van der Waals surface area contributed by atoms with E-state index in [1.54, 1.807) is 0 Å². The third-order valence-corrected chi connectivity index (χ3v) is 4.93. The second kappa shape index (κ2) is 6.04. The van der Waals surface area contributed by atoms with Crippen LogP contribution in [-0.2, 0) is 4.74 Å². The van der Waals surface area contributed by atoms with E-state index in [2.05, 4.69) is 6.07 Å². The zero-order chi connectivity index (χ0) is 17.5. The molecule has 26 heavy (non-hydrogen) atoms. The molecule has 2 aliphatic heterocycles. The molecule has 6 heteroatoms. The fraction of sp³-hybridized carbons (Fsp3) is 0.300. The summed E-state index contributed by atoms with van der Waals surface area (Å²) in [5.41, 5.74) is 3.20. The minimum atomic E-state index is -0.0945. The summed E-state index contributed by atoms with van der Waals surface area (Å²) in [5, 5.41) is 15.3. The number of rotatable bonds is 2. The van der Waals surface area contributed by atoms with E-state index < -0.39 is 0 Å². The molecule has 2 aliphatic rings. The van der Waals surface area contributed by atoms with Gasteiger partial charge >= 0.3 is 0 Å². The smallest absolute Gasteiger partial charge is 0.231 e. The summed E-state index contributed by atoms with van der Waals surface area (Å²) in [6, 6.07) is 13.8. The van der Waals surface area contributed by atoms with Crippen LogP contribution in [0.2, 0.25) is 0 Å². The molecular weight excluding hydrogens is 330 g/mol. The quantitative estimate of drug-likeness (QED) is 0.701. The van der Waals surface area contributed by atoms with Gasteiger partial charge in [0.15, 0.2) is 17.7 Å². The molecule has 0 amide bonds. The summed E-state index contributed by atoms with van der Waals surface area (Å²) in [6.07, 6.45) is 3.02. The van der Waals surface area contributed by atoms with E-state index >= 15 is 0 Å². The number of fused-ring (bicyclic) bond motifs is 2. The molecule has 1 unspecified atom stereocenters. The maximum Gasteiger partial charge on any atom is 0.231 e. The van der Waals surface area contributed by atoms with Crippen molar-refractivity contribution in [3.05, 3.63) is 42.0 Å². The summed E-state index contributed by atoms with van der Waals surface area (Å²) in [6.45, 7) is 0.969. The molecule has 1 fully saturated rings. The van der Waals surface area contributed by atoms with Crippen molar-refractivity contribution >= 4 is 10.9 Å². The van der Waals surface area contributed by atoms with Crippen LogP contribution in [0.1, 0.15) is 31.1 Å². The maximum absolute atomic E-state index is 9.62. The molecule has 0 aliphatic carbocycles. The predicted molar refractivity (Wildman–Crippen MR) is 94.8 cm³/mol. The first-order valence-electron chi connectivity index (χ1n) is 8.78. The van der Waals surface area contributed by atoms with Crippen LogP contribution in [0.25, 0.3) is 22.2 Å². The highest BCUT2D eigenvalue weighted by atomic mass is 16.7. The van der Waals surface area contributed by atoms with E-state index in [0.717, 1.165) is 53.8 Å². The molecule has 0 saturated carbocycles. The van der Waals surface area contributed by atoms with Crippen molar-refractivity contribution in [2.75, 3.05) is 13.4 Å².